The van der Waals surface area contributed by atoms with Crippen LogP contribution in [0.3, 0.4) is 0 Å². The number of ether oxygens (including phenoxy) is 1. The molecule has 2 heterocycles. The van der Waals surface area contributed by atoms with Gasteiger partial charge < -0.3 is 15.2 Å². The molecule has 1 aliphatic rings. The average Bonchev–Trinajstić information content (AvgIpc) is 2.53. The third-order valence-electron chi connectivity index (χ3n) is 3.75. The van der Waals surface area contributed by atoms with Crippen molar-refractivity contribution in [3.8, 4) is 0 Å². The number of hydrogen-bond donors (Lipinski definition) is 2. The second kappa shape index (κ2) is 7.00. The number of anilines is 1. The monoisotopic (exact) mass is 305 g/mol. The minimum atomic E-state index is -0.483. The van der Waals surface area contributed by atoms with Crippen LogP contribution in [0.5, 0.6) is 0 Å². The van der Waals surface area contributed by atoms with Crippen molar-refractivity contribution in [2.45, 2.75) is 6.10 Å². The van der Waals surface area contributed by atoms with Crippen molar-refractivity contribution in [1.29, 1.82) is 0 Å². The van der Waals surface area contributed by atoms with Gasteiger partial charge in [-0.2, -0.15) is 0 Å². The number of morpholine rings is 1. The first-order valence-electron chi connectivity index (χ1n) is 7.49. The van der Waals surface area contributed by atoms with Crippen LogP contribution in [0.2, 0.25) is 0 Å². The number of aliphatic hydroxyl groups is 1. The van der Waals surface area contributed by atoms with E-state index in [9.17, 15) is 9.50 Å². The molecule has 1 aromatic heterocycles. The number of aromatic nitrogens is 1. The smallest absolute Gasteiger partial charge is 0.126 e. The number of nitrogens with one attached hydrogen (secondary N) is 1. The van der Waals surface area contributed by atoms with Gasteiger partial charge in [0.1, 0.15) is 11.6 Å². The highest BCUT2D eigenvalue weighted by Crippen LogP contribution is 2.16. The SMILES string of the molecule is O[C@H](CNc1ccc2ccc(F)cc2n1)CN1CCOCC1. The summed E-state index contributed by atoms with van der Waals surface area (Å²) >= 11 is 0. The van der Waals surface area contributed by atoms with Gasteiger partial charge in [0.25, 0.3) is 0 Å². The second-order valence-electron chi connectivity index (χ2n) is 5.48. The molecule has 0 aliphatic carbocycles. The minimum absolute atomic E-state index is 0.301. The maximum atomic E-state index is 13.2. The summed E-state index contributed by atoms with van der Waals surface area (Å²) in [4.78, 5) is 6.54. The van der Waals surface area contributed by atoms with Crippen LogP contribution in [0.4, 0.5) is 10.2 Å². The first kappa shape index (κ1) is 15.1. The van der Waals surface area contributed by atoms with Crippen LogP contribution in [0.15, 0.2) is 30.3 Å². The molecule has 5 nitrogen and oxygen atoms in total. The molecule has 1 aliphatic heterocycles. The Morgan fingerprint density at radius 1 is 1.27 bits per heavy atom. The van der Waals surface area contributed by atoms with Crippen molar-refractivity contribution >= 4 is 16.7 Å². The van der Waals surface area contributed by atoms with Gasteiger partial charge in [-0.3, -0.25) is 4.90 Å². The standard InChI is InChI=1S/C16H20FN3O2/c17-13-3-1-12-2-4-16(19-15(12)9-13)18-10-14(21)11-20-5-7-22-8-6-20/h1-4,9,14,21H,5-8,10-11H2,(H,18,19)/t14-/m1/s1. The molecule has 6 heteroatoms. The molecule has 0 radical (unpaired) electrons. The van der Waals surface area contributed by atoms with Crippen molar-refractivity contribution in [2.75, 3.05) is 44.7 Å². The molecular formula is C16H20FN3O2. The number of β-amino-alcohol motifs (C(OH)–C–C–N with tert-alkyl or cyclic N) is 1. The fourth-order valence-electron chi connectivity index (χ4n) is 2.56. The highest BCUT2D eigenvalue weighted by molar-refractivity contribution is 5.80. The topological polar surface area (TPSA) is 57.6 Å². The van der Waals surface area contributed by atoms with E-state index >= 15 is 0 Å². The van der Waals surface area contributed by atoms with Crippen molar-refractivity contribution in [1.82, 2.24) is 9.88 Å². The van der Waals surface area contributed by atoms with Crippen molar-refractivity contribution in [2.24, 2.45) is 0 Å². The van der Waals surface area contributed by atoms with Gasteiger partial charge in [0.2, 0.25) is 0 Å². The normalized spacial score (nSPS) is 17.5. The summed E-state index contributed by atoms with van der Waals surface area (Å²) in [6.45, 7) is 4.16. The number of fused-ring (bicyclic) bond motifs is 1. The van der Waals surface area contributed by atoms with E-state index in [1.165, 1.54) is 12.1 Å². The summed E-state index contributed by atoms with van der Waals surface area (Å²) in [6.07, 6.45) is -0.483. The lowest BCUT2D eigenvalue weighted by molar-refractivity contribution is 0.0171. The molecular weight excluding hydrogens is 285 g/mol. The molecule has 0 amide bonds. The Kier molecular flexibility index (Phi) is 4.82. The summed E-state index contributed by atoms with van der Waals surface area (Å²) in [7, 11) is 0. The summed E-state index contributed by atoms with van der Waals surface area (Å²) < 4.78 is 18.5. The number of aliphatic hydroxyl groups excluding tert-OH is 1. The van der Waals surface area contributed by atoms with Gasteiger partial charge in [-0.25, -0.2) is 9.37 Å². The Hall–Kier alpha value is -1.76. The molecule has 1 atom stereocenters. The number of rotatable bonds is 5. The van der Waals surface area contributed by atoms with Crippen LogP contribution in [-0.4, -0.2) is 60.5 Å². The zero-order chi connectivity index (χ0) is 15.4. The third kappa shape index (κ3) is 3.91. The first-order chi connectivity index (χ1) is 10.7. The number of nitrogens with zero attached hydrogens (tertiary/aromatic N) is 2. The van der Waals surface area contributed by atoms with E-state index in [1.54, 1.807) is 6.07 Å². The highest BCUT2D eigenvalue weighted by Gasteiger charge is 2.14. The zero-order valence-electron chi connectivity index (χ0n) is 12.3. The molecule has 1 fully saturated rings. The fourth-order valence-corrected chi connectivity index (χ4v) is 2.56. The summed E-state index contributed by atoms with van der Waals surface area (Å²) in [6, 6.07) is 8.25. The van der Waals surface area contributed by atoms with Gasteiger partial charge in [0, 0.05) is 37.6 Å². The summed E-state index contributed by atoms with van der Waals surface area (Å²) in [5, 5.41) is 14.1. The minimum Gasteiger partial charge on any atom is -0.390 e. The van der Waals surface area contributed by atoms with Crippen molar-refractivity contribution < 1.29 is 14.2 Å². The van der Waals surface area contributed by atoms with E-state index in [1.807, 2.05) is 12.1 Å². The Morgan fingerprint density at radius 3 is 2.86 bits per heavy atom. The fraction of sp³-hybridized carbons (Fsp3) is 0.438. The van der Waals surface area contributed by atoms with Crippen LogP contribution in [-0.2, 0) is 4.74 Å². The molecule has 0 bridgehead atoms. The van der Waals surface area contributed by atoms with Crippen LogP contribution in [0, 0.1) is 5.82 Å². The van der Waals surface area contributed by atoms with Crippen LogP contribution < -0.4 is 5.32 Å². The summed E-state index contributed by atoms with van der Waals surface area (Å²) in [5.74, 6) is 0.337. The van der Waals surface area contributed by atoms with E-state index in [0.29, 0.717) is 24.4 Å². The van der Waals surface area contributed by atoms with Gasteiger partial charge >= 0.3 is 0 Å². The van der Waals surface area contributed by atoms with E-state index < -0.39 is 6.10 Å². The molecule has 0 spiro atoms. The predicted octanol–water partition coefficient (Wildman–Crippen LogP) is 1.48. The maximum absolute atomic E-state index is 13.2. The number of halogens is 1. The van der Waals surface area contributed by atoms with E-state index in [2.05, 4.69) is 15.2 Å². The lowest BCUT2D eigenvalue weighted by Crippen LogP contribution is -2.42. The van der Waals surface area contributed by atoms with E-state index in [-0.39, 0.29) is 5.82 Å². The first-order valence-corrected chi connectivity index (χ1v) is 7.49. The highest BCUT2D eigenvalue weighted by atomic mass is 19.1. The van der Waals surface area contributed by atoms with Gasteiger partial charge in [-0.05, 0) is 24.3 Å². The molecule has 2 N–H and O–H groups in total. The molecule has 1 saturated heterocycles. The van der Waals surface area contributed by atoms with Gasteiger partial charge in [-0.15, -0.1) is 0 Å². The molecule has 3 rings (SSSR count). The number of hydrogen-bond acceptors (Lipinski definition) is 5. The lowest BCUT2D eigenvalue weighted by Gasteiger charge is -2.28. The van der Waals surface area contributed by atoms with Crippen LogP contribution >= 0.6 is 0 Å². The van der Waals surface area contributed by atoms with E-state index in [0.717, 1.165) is 31.7 Å². The van der Waals surface area contributed by atoms with Crippen molar-refractivity contribution in [3.63, 3.8) is 0 Å². The van der Waals surface area contributed by atoms with Gasteiger partial charge in [-0.1, -0.05) is 0 Å². The maximum Gasteiger partial charge on any atom is 0.126 e. The zero-order valence-corrected chi connectivity index (χ0v) is 12.3. The molecule has 2 aromatic rings. The molecule has 0 saturated carbocycles. The largest absolute Gasteiger partial charge is 0.390 e. The van der Waals surface area contributed by atoms with Crippen LogP contribution in [0.1, 0.15) is 0 Å². The van der Waals surface area contributed by atoms with Crippen LogP contribution in [0.25, 0.3) is 10.9 Å². The quantitative estimate of drug-likeness (QED) is 0.876. The van der Waals surface area contributed by atoms with E-state index in [4.69, 9.17) is 4.74 Å². The Bertz CT molecular complexity index is 632. The number of pyridine rings is 1. The second-order valence-corrected chi connectivity index (χ2v) is 5.48. The predicted molar refractivity (Wildman–Crippen MR) is 83.5 cm³/mol. The molecule has 118 valence electrons. The van der Waals surface area contributed by atoms with Crippen molar-refractivity contribution in [3.05, 3.63) is 36.1 Å². The summed E-state index contributed by atoms with van der Waals surface area (Å²) in [5.41, 5.74) is 0.604. The molecule has 22 heavy (non-hydrogen) atoms. The number of benzene rings is 1. The van der Waals surface area contributed by atoms with Gasteiger partial charge in [0.15, 0.2) is 0 Å². The Labute approximate surface area is 128 Å². The van der Waals surface area contributed by atoms with Gasteiger partial charge in [0.05, 0.1) is 24.8 Å². The average molecular weight is 305 g/mol. The lowest BCUT2D eigenvalue weighted by atomic mass is 10.2. The Morgan fingerprint density at radius 2 is 2.05 bits per heavy atom. The molecule has 0 unspecified atom stereocenters. The Balaban J connectivity index is 1.56. The molecule has 1 aromatic carbocycles. The third-order valence-corrected chi connectivity index (χ3v) is 3.75.